The number of carboxylic acid groups (broad SMARTS) is 2. The number of hydrogen-bond donors (Lipinski definition) is 2. The lowest BCUT2D eigenvalue weighted by atomic mass is 10.5. The molecule has 0 aromatic rings. The van der Waals surface area contributed by atoms with Gasteiger partial charge >= 0.3 is 24.2 Å². The van der Waals surface area contributed by atoms with Crippen LogP contribution in [0.3, 0.4) is 0 Å². The van der Waals surface area contributed by atoms with Gasteiger partial charge in [0, 0.05) is 12.2 Å². The number of hydrogen-bond acceptors (Lipinski definition) is 6. The van der Waals surface area contributed by atoms with E-state index in [9.17, 15) is 19.2 Å². The van der Waals surface area contributed by atoms with Crippen LogP contribution in [0.25, 0.3) is 0 Å². The molecule has 76 valence electrons. The summed E-state index contributed by atoms with van der Waals surface area (Å²) in [7, 11) is 0. The molecule has 0 spiro atoms. The summed E-state index contributed by atoms with van der Waals surface area (Å²) in [5, 5.41) is 15.8. The Bertz CT molecular complexity index is 271. The van der Waals surface area contributed by atoms with Gasteiger partial charge in [0.1, 0.15) is 0 Å². The van der Waals surface area contributed by atoms with Crippen LogP contribution in [0.1, 0.15) is 0 Å². The minimum Gasteiger partial charge on any atom is -0.449 e. The molecule has 8 heteroatoms. The molecule has 0 amide bonds. The van der Waals surface area contributed by atoms with Gasteiger partial charge in [-0.3, -0.25) is 0 Å². The standard InChI is InChI=1S/C6H4O8/c7-3(13-5(9)10)1-2-4(8)14-6(11)12/h1-2H,(H,9,10)(H,11,12)/b2-1+. The van der Waals surface area contributed by atoms with E-state index in [0.29, 0.717) is 12.2 Å². The van der Waals surface area contributed by atoms with Crippen molar-refractivity contribution in [3.8, 4) is 0 Å². The van der Waals surface area contributed by atoms with Crippen molar-refractivity contribution in [1.29, 1.82) is 0 Å². The summed E-state index contributed by atoms with van der Waals surface area (Å²) in [6, 6.07) is 0. The van der Waals surface area contributed by atoms with E-state index >= 15 is 0 Å². The summed E-state index contributed by atoms with van der Waals surface area (Å²) in [4.78, 5) is 40.3. The largest absolute Gasteiger partial charge is 0.513 e. The molecule has 0 aliphatic heterocycles. The van der Waals surface area contributed by atoms with Crippen LogP contribution in [0.2, 0.25) is 0 Å². The topological polar surface area (TPSA) is 127 Å². The minimum atomic E-state index is -1.84. The zero-order valence-electron chi connectivity index (χ0n) is 6.50. The lowest BCUT2D eigenvalue weighted by molar-refractivity contribution is -0.136. The molecule has 0 heterocycles. The first-order chi connectivity index (χ1) is 6.41. The van der Waals surface area contributed by atoms with Gasteiger partial charge in [0.15, 0.2) is 0 Å². The van der Waals surface area contributed by atoms with E-state index in [0.717, 1.165) is 0 Å². The molecule has 2 N–H and O–H groups in total. The van der Waals surface area contributed by atoms with Gasteiger partial charge in [0.2, 0.25) is 0 Å². The van der Waals surface area contributed by atoms with Crippen LogP contribution in [0.4, 0.5) is 9.59 Å². The van der Waals surface area contributed by atoms with E-state index in [4.69, 9.17) is 10.2 Å². The molecular weight excluding hydrogens is 200 g/mol. The lowest BCUT2D eigenvalue weighted by Gasteiger charge is -1.91. The molecule has 0 aromatic carbocycles. The van der Waals surface area contributed by atoms with Gasteiger partial charge in [0.25, 0.3) is 0 Å². The first kappa shape index (κ1) is 11.6. The van der Waals surface area contributed by atoms with E-state index in [2.05, 4.69) is 9.47 Å². The van der Waals surface area contributed by atoms with Gasteiger partial charge < -0.3 is 19.7 Å². The molecule has 0 aliphatic rings. The zero-order valence-corrected chi connectivity index (χ0v) is 6.50. The molecule has 0 rings (SSSR count). The number of esters is 2. The van der Waals surface area contributed by atoms with E-state index in [1.165, 1.54) is 0 Å². The Morgan fingerprint density at radius 3 is 1.29 bits per heavy atom. The maximum atomic E-state index is 10.4. The Balaban J connectivity index is 4.04. The predicted octanol–water partition coefficient (Wildman–Crippen LogP) is -0.0150. The molecule has 0 atom stereocenters. The van der Waals surface area contributed by atoms with Crippen LogP contribution < -0.4 is 0 Å². The molecule has 8 nitrogen and oxygen atoms in total. The zero-order chi connectivity index (χ0) is 11.1. The Morgan fingerprint density at radius 2 is 1.07 bits per heavy atom. The van der Waals surface area contributed by atoms with Crippen molar-refractivity contribution >= 4 is 24.2 Å². The van der Waals surface area contributed by atoms with E-state index in [1.807, 2.05) is 0 Å². The van der Waals surface area contributed by atoms with Crippen LogP contribution in [0, 0.1) is 0 Å². The SMILES string of the molecule is O=C(O)OC(=O)/C=C/C(=O)OC(=O)O. The monoisotopic (exact) mass is 204 g/mol. The van der Waals surface area contributed by atoms with Crippen LogP contribution in [-0.2, 0) is 19.1 Å². The van der Waals surface area contributed by atoms with Crippen molar-refractivity contribution in [1.82, 2.24) is 0 Å². The fourth-order valence-electron chi connectivity index (χ4n) is 0.376. The molecule has 0 saturated heterocycles. The van der Waals surface area contributed by atoms with Gasteiger partial charge in [-0.05, 0) is 0 Å². The fourth-order valence-corrected chi connectivity index (χ4v) is 0.376. The van der Waals surface area contributed by atoms with Crippen LogP contribution >= 0.6 is 0 Å². The van der Waals surface area contributed by atoms with Gasteiger partial charge in [-0.2, -0.15) is 0 Å². The number of carbonyl (C=O) groups is 4. The maximum absolute atomic E-state index is 10.4. The average molecular weight is 204 g/mol. The maximum Gasteiger partial charge on any atom is 0.513 e. The van der Waals surface area contributed by atoms with E-state index < -0.39 is 24.2 Å². The Hall–Kier alpha value is -2.38. The molecule has 0 bridgehead atoms. The average Bonchev–Trinajstić information content (AvgIpc) is 1.98. The Morgan fingerprint density at radius 1 is 0.786 bits per heavy atom. The van der Waals surface area contributed by atoms with E-state index in [-0.39, 0.29) is 0 Å². The normalized spacial score (nSPS) is 9.43. The highest BCUT2D eigenvalue weighted by molar-refractivity contribution is 5.97. The predicted molar refractivity (Wildman–Crippen MR) is 37.4 cm³/mol. The summed E-state index contributed by atoms with van der Waals surface area (Å²) < 4.78 is 7.08. The van der Waals surface area contributed by atoms with Gasteiger partial charge in [-0.15, -0.1) is 0 Å². The fraction of sp³-hybridized carbons (Fsp3) is 0. The second kappa shape index (κ2) is 5.30. The van der Waals surface area contributed by atoms with Gasteiger partial charge in [-0.25, -0.2) is 19.2 Å². The highest BCUT2D eigenvalue weighted by Gasteiger charge is 2.07. The summed E-state index contributed by atoms with van der Waals surface area (Å²) in [6.07, 6.45) is -2.85. The summed E-state index contributed by atoms with van der Waals surface area (Å²) >= 11 is 0. The molecule has 0 fully saturated rings. The quantitative estimate of drug-likeness (QED) is 0.365. The molecule has 0 aromatic heterocycles. The summed E-state index contributed by atoms with van der Waals surface area (Å²) in [5.41, 5.74) is 0. The van der Waals surface area contributed by atoms with Crippen molar-refractivity contribution in [2.24, 2.45) is 0 Å². The molecule has 0 radical (unpaired) electrons. The second-order valence-electron chi connectivity index (χ2n) is 1.71. The van der Waals surface area contributed by atoms with Crippen LogP contribution in [0.5, 0.6) is 0 Å². The van der Waals surface area contributed by atoms with Gasteiger partial charge in [-0.1, -0.05) is 0 Å². The van der Waals surface area contributed by atoms with Crippen molar-refractivity contribution in [3.05, 3.63) is 12.2 Å². The van der Waals surface area contributed by atoms with Crippen molar-refractivity contribution in [3.63, 3.8) is 0 Å². The highest BCUT2D eigenvalue weighted by Crippen LogP contribution is 1.86. The van der Waals surface area contributed by atoms with Crippen molar-refractivity contribution < 1.29 is 38.9 Å². The number of carbonyl (C=O) groups excluding carboxylic acids is 2. The third-order valence-corrected chi connectivity index (χ3v) is 0.731. The van der Waals surface area contributed by atoms with Crippen LogP contribution in [-0.4, -0.2) is 34.5 Å². The van der Waals surface area contributed by atoms with Gasteiger partial charge in [0.05, 0.1) is 0 Å². The Kier molecular flexibility index (Phi) is 4.40. The molecule has 0 aliphatic carbocycles. The molecule has 0 saturated carbocycles. The minimum absolute atomic E-state index is 0.416. The van der Waals surface area contributed by atoms with Crippen molar-refractivity contribution in [2.45, 2.75) is 0 Å². The van der Waals surface area contributed by atoms with Crippen LogP contribution in [0.15, 0.2) is 12.2 Å². The number of rotatable bonds is 2. The molecular formula is C6H4O8. The first-order valence-corrected chi connectivity index (χ1v) is 2.99. The first-order valence-electron chi connectivity index (χ1n) is 2.99. The summed E-state index contributed by atoms with van der Waals surface area (Å²) in [6.45, 7) is 0. The second-order valence-corrected chi connectivity index (χ2v) is 1.71. The Labute approximate surface area is 76.3 Å². The third-order valence-electron chi connectivity index (χ3n) is 0.731. The number of ether oxygens (including phenoxy) is 2. The third kappa shape index (κ3) is 6.34. The highest BCUT2D eigenvalue weighted by atomic mass is 16.7. The smallest absolute Gasteiger partial charge is 0.449 e. The molecule has 14 heavy (non-hydrogen) atoms. The van der Waals surface area contributed by atoms with E-state index in [1.54, 1.807) is 0 Å². The lowest BCUT2D eigenvalue weighted by Crippen LogP contribution is -2.10. The molecule has 0 unspecified atom stereocenters. The summed E-state index contributed by atoms with van der Waals surface area (Å²) in [5.74, 6) is -2.67. The van der Waals surface area contributed by atoms with Crippen molar-refractivity contribution in [2.75, 3.05) is 0 Å².